The van der Waals surface area contributed by atoms with E-state index in [1.165, 1.54) is 38.5 Å². The van der Waals surface area contributed by atoms with Crippen molar-refractivity contribution in [3.8, 4) is 0 Å². The van der Waals surface area contributed by atoms with Gasteiger partial charge in [-0.25, -0.2) is 0 Å². The molecule has 0 heterocycles. The van der Waals surface area contributed by atoms with Gasteiger partial charge in [0, 0.05) is 27.4 Å². The van der Waals surface area contributed by atoms with Crippen LogP contribution in [0.3, 0.4) is 0 Å². The molecule has 96 valence electrons. The molecule has 2 atom stereocenters. The van der Waals surface area contributed by atoms with Gasteiger partial charge in [-0.3, -0.25) is 0 Å². The van der Waals surface area contributed by atoms with Gasteiger partial charge >= 0.3 is 0 Å². The van der Waals surface area contributed by atoms with Crippen molar-refractivity contribution in [2.24, 2.45) is 17.8 Å². The van der Waals surface area contributed by atoms with E-state index in [0.717, 1.165) is 19.1 Å². The van der Waals surface area contributed by atoms with Gasteiger partial charge in [0.1, 0.15) is 0 Å². The molecule has 1 aliphatic rings. The second kappa shape index (κ2) is 8.08. The van der Waals surface area contributed by atoms with Crippen molar-refractivity contribution in [3.05, 3.63) is 0 Å². The van der Waals surface area contributed by atoms with Crippen LogP contribution in [-0.2, 0) is 9.47 Å². The Morgan fingerprint density at radius 1 is 1.00 bits per heavy atom. The van der Waals surface area contributed by atoms with E-state index in [2.05, 4.69) is 6.92 Å². The van der Waals surface area contributed by atoms with Crippen LogP contribution >= 0.6 is 0 Å². The lowest BCUT2D eigenvalue weighted by Gasteiger charge is -2.35. The molecule has 0 aromatic rings. The number of hydrogen-bond acceptors (Lipinski definition) is 2. The lowest BCUT2D eigenvalue weighted by molar-refractivity contribution is 0.0283. The van der Waals surface area contributed by atoms with Crippen molar-refractivity contribution >= 4 is 0 Å². The van der Waals surface area contributed by atoms with Gasteiger partial charge in [-0.05, 0) is 17.8 Å². The molecule has 0 spiro atoms. The molecule has 0 saturated heterocycles. The van der Waals surface area contributed by atoms with Gasteiger partial charge in [-0.15, -0.1) is 0 Å². The van der Waals surface area contributed by atoms with Crippen molar-refractivity contribution in [2.75, 3.05) is 27.4 Å². The van der Waals surface area contributed by atoms with Gasteiger partial charge in [-0.2, -0.15) is 0 Å². The Labute approximate surface area is 101 Å². The van der Waals surface area contributed by atoms with E-state index in [4.69, 9.17) is 9.47 Å². The molecule has 0 radical (unpaired) electrons. The van der Waals surface area contributed by atoms with Gasteiger partial charge < -0.3 is 9.47 Å². The lowest BCUT2D eigenvalue weighted by atomic mass is 9.74. The van der Waals surface area contributed by atoms with Gasteiger partial charge in [-0.1, -0.05) is 45.4 Å². The summed E-state index contributed by atoms with van der Waals surface area (Å²) in [6.45, 7) is 4.07. The minimum absolute atomic E-state index is 0.674. The number of ether oxygens (including phenoxy) is 2. The highest BCUT2D eigenvalue weighted by molar-refractivity contribution is 4.79. The van der Waals surface area contributed by atoms with E-state index >= 15 is 0 Å². The summed E-state index contributed by atoms with van der Waals surface area (Å²) in [5, 5.41) is 0. The highest BCUT2D eigenvalue weighted by Gasteiger charge is 2.29. The van der Waals surface area contributed by atoms with E-state index in [9.17, 15) is 0 Å². The molecule has 1 fully saturated rings. The highest BCUT2D eigenvalue weighted by atomic mass is 16.5. The van der Waals surface area contributed by atoms with E-state index in [0.29, 0.717) is 11.8 Å². The summed E-state index contributed by atoms with van der Waals surface area (Å²) in [5.41, 5.74) is 0. The van der Waals surface area contributed by atoms with Crippen LogP contribution in [-0.4, -0.2) is 27.4 Å². The van der Waals surface area contributed by atoms with Crippen LogP contribution in [0.15, 0.2) is 0 Å². The minimum Gasteiger partial charge on any atom is -0.384 e. The molecule has 0 bridgehead atoms. The molecule has 2 nitrogen and oxygen atoms in total. The summed E-state index contributed by atoms with van der Waals surface area (Å²) in [6.07, 6.45) is 8.25. The summed E-state index contributed by atoms with van der Waals surface area (Å²) in [4.78, 5) is 0. The lowest BCUT2D eigenvalue weighted by Crippen LogP contribution is -2.31. The maximum atomic E-state index is 5.43. The quantitative estimate of drug-likeness (QED) is 0.664. The Morgan fingerprint density at radius 2 is 1.62 bits per heavy atom. The van der Waals surface area contributed by atoms with E-state index in [1.54, 1.807) is 0 Å². The Hall–Kier alpha value is -0.0800. The second-order valence-electron chi connectivity index (χ2n) is 5.14. The van der Waals surface area contributed by atoms with Crippen LogP contribution in [0.25, 0.3) is 0 Å². The molecule has 0 aromatic carbocycles. The number of hydrogen-bond donors (Lipinski definition) is 0. The third kappa shape index (κ3) is 4.06. The van der Waals surface area contributed by atoms with Gasteiger partial charge in [0.2, 0.25) is 0 Å². The smallest absolute Gasteiger partial charge is 0.0496 e. The summed E-state index contributed by atoms with van der Waals surface area (Å²) in [6, 6.07) is 0. The molecule has 1 rings (SSSR count). The Balaban J connectivity index is 2.54. The fraction of sp³-hybridized carbons (Fsp3) is 1.00. The maximum absolute atomic E-state index is 5.43. The first-order valence-corrected chi connectivity index (χ1v) is 6.81. The van der Waals surface area contributed by atoms with Crippen LogP contribution in [0.4, 0.5) is 0 Å². The topological polar surface area (TPSA) is 18.5 Å². The molecule has 16 heavy (non-hydrogen) atoms. The first kappa shape index (κ1) is 14.0. The van der Waals surface area contributed by atoms with E-state index in [-0.39, 0.29) is 0 Å². The zero-order chi connectivity index (χ0) is 11.8. The van der Waals surface area contributed by atoms with Crippen LogP contribution in [0.1, 0.15) is 45.4 Å². The van der Waals surface area contributed by atoms with E-state index < -0.39 is 0 Å². The SMILES string of the molecule is CCC(COC)C(COC)C1CCCCC1. The van der Waals surface area contributed by atoms with Crippen molar-refractivity contribution in [2.45, 2.75) is 45.4 Å². The predicted molar refractivity (Wildman–Crippen MR) is 67.6 cm³/mol. The van der Waals surface area contributed by atoms with Gasteiger partial charge in [0.15, 0.2) is 0 Å². The molecule has 0 amide bonds. The average molecular weight is 228 g/mol. The Morgan fingerprint density at radius 3 is 2.12 bits per heavy atom. The highest BCUT2D eigenvalue weighted by Crippen LogP contribution is 2.35. The van der Waals surface area contributed by atoms with Crippen LogP contribution in [0.2, 0.25) is 0 Å². The maximum Gasteiger partial charge on any atom is 0.0496 e. The molecule has 2 unspecified atom stereocenters. The van der Waals surface area contributed by atoms with Crippen molar-refractivity contribution in [3.63, 3.8) is 0 Å². The summed E-state index contributed by atoms with van der Waals surface area (Å²) in [7, 11) is 3.64. The molecule has 0 aliphatic heterocycles. The number of rotatable bonds is 7. The van der Waals surface area contributed by atoms with Crippen LogP contribution < -0.4 is 0 Å². The fourth-order valence-corrected chi connectivity index (χ4v) is 3.17. The van der Waals surface area contributed by atoms with E-state index in [1.807, 2.05) is 14.2 Å². The standard InChI is InChI=1S/C14H28O2/c1-4-12(10-15-2)14(11-16-3)13-8-6-5-7-9-13/h12-14H,4-11H2,1-3H3. The zero-order valence-electron chi connectivity index (χ0n) is 11.2. The fourth-order valence-electron chi connectivity index (χ4n) is 3.17. The molecule has 1 saturated carbocycles. The molecule has 0 N–H and O–H groups in total. The number of methoxy groups -OCH3 is 2. The summed E-state index contributed by atoms with van der Waals surface area (Å²) >= 11 is 0. The summed E-state index contributed by atoms with van der Waals surface area (Å²) < 4.78 is 10.8. The molecule has 1 aliphatic carbocycles. The molecular formula is C14H28O2. The Bertz CT molecular complexity index is 159. The third-order valence-corrected chi connectivity index (χ3v) is 4.13. The first-order valence-electron chi connectivity index (χ1n) is 6.81. The van der Waals surface area contributed by atoms with Gasteiger partial charge in [0.25, 0.3) is 0 Å². The van der Waals surface area contributed by atoms with Crippen molar-refractivity contribution in [1.29, 1.82) is 0 Å². The first-order chi connectivity index (χ1) is 7.83. The minimum atomic E-state index is 0.674. The second-order valence-corrected chi connectivity index (χ2v) is 5.14. The average Bonchev–Trinajstić information content (AvgIpc) is 2.35. The normalized spacial score (nSPS) is 21.9. The van der Waals surface area contributed by atoms with Crippen molar-refractivity contribution in [1.82, 2.24) is 0 Å². The van der Waals surface area contributed by atoms with Crippen LogP contribution in [0.5, 0.6) is 0 Å². The van der Waals surface area contributed by atoms with Gasteiger partial charge in [0.05, 0.1) is 0 Å². The van der Waals surface area contributed by atoms with Crippen LogP contribution in [0, 0.1) is 17.8 Å². The summed E-state index contributed by atoms with van der Waals surface area (Å²) in [5.74, 6) is 2.25. The largest absolute Gasteiger partial charge is 0.384 e. The predicted octanol–water partition coefficient (Wildman–Crippen LogP) is 3.50. The molecule has 0 aromatic heterocycles. The zero-order valence-corrected chi connectivity index (χ0v) is 11.2. The molecule has 2 heteroatoms. The Kier molecular flexibility index (Phi) is 7.06. The van der Waals surface area contributed by atoms with Crippen molar-refractivity contribution < 1.29 is 9.47 Å². The molecular weight excluding hydrogens is 200 g/mol. The monoisotopic (exact) mass is 228 g/mol. The third-order valence-electron chi connectivity index (χ3n) is 4.13.